The number of nitrogens with two attached hydrogens (primary N) is 1. The highest BCUT2D eigenvalue weighted by atomic mass is 16.5. The molecule has 6 heteroatoms. The highest BCUT2D eigenvalue weighted by Crippen LogP contribution is 2.60. The molecular formula is C16H27N3O3. The van der Waals surface area contributed by atoms with Gasteiger partial charge >= 0.3 is 0 Å². The van der Waals surface area contributed by atoms with Gasteiger partial charge in [-0.1, -0.05) is 0 Å². The van der Waals surface area contributed by atoms with Crippen LogP contribution in [0, 0.1) is 17.8 Å². The van der Waals surface area contributed by atoms with Crippen LogP contribution >= 0.6 is 0 Å². The summed E-state index contributed by atoms with van der Waals surface area (Å²) >= 11 is 0. The Kier molecular flexibility index (Phi) is 3.88. The third-order valence-corrected chi connectivity index (χ3v) is 6.17. The molecule has 3 saturated heterocycles. The number of amides is 1. The van der Waals surface area contributed by atoms with Crippen LogP contribution in [0.5, 0.6) is 0 Å². The zero-order chi connectivity index (χ0) is 15.2. The average Bonchev–Trinajstić information content (AvgIpc) is 3.00. The van der Waals surface area contributed by atoms with Crippen molar-refractivity contribution in [2.24, 2.45) is 23.5 Å². The maximum atomic E-state index is 11.7. The first-order chi connectivity index (χ1) is 10.7. The van der Waals surface area contributed by atoms with E-state index in [-0.39, 0.29) is 17.4 Å². The van der Waals surface area contributed by atoms with Crippen LogP contribution in [0.1, 0.15) is 25.7 Å². The van der Waals surface area contributed by atoms with Crippen LogP contribution in [-0.2, 0) is 14.3 Å². The molecule has 4 rings (SSSR count). The van der Waals surface area contributed by atoms with Crippen LogP contribution in [0.4, 0.5) is 0 Å². The molecule has 6 nitrogen and oxygen atoms in total. The third-order valence-electron chi connectivity index (χ3n) is 6.17. The summed E-state index contributed by atoms with van der Waals surface area (Å²) in [6, 6.07) is 0. The minimum atomic E-state index is -0.116. The van der Waals surface area contributed by atoms with Crippen LogP contribution in [-0.4, -0.2) is 67.5 Å². The first kappa shape index (κ1) is 14.9. The number of hydrogen-bond acceptors (Lipinski definition) is 5. The van der Waals surface area contributed by atoms with Gasteiger partial charge in [-0.3, -0.25) is 4.79 Å². The van der Waals surface area contributed by atoms with Crippen molar-refractivity contribution in [3.8, 4) is 0 Å². The molecule has 0 aromatic heterocycles. The van der Waals surface area contributed by atoms with Crippen molar-refractivity contribution >= 4 is 5.91 Å². The van der Waals surface area contributed by atoms with Crippen LogP contribution in [0.15, 0.2) is 0 Å². The summed E-state index contributed by atoms with van der Waals surface area (Å²) in [5.74, 6) is 1.26. The molecule has 0 radical (unpaired) electrons. The van der Waals surface area contributed by atoms with Gasteiger partial charge in [-0.05, 0) is 37.5 Å². The summed E-state index contributed by atoms with van der Waals surface area (Å²) < 4.78 is 11.1. The summed E-state index contributed by atoms with van der Waals surface area (Å²) in [6.07, 6.45) is 4.19. The number of hydrogen-bond donors (Lipinski definition) is 1. The quantitative estimate of drug-likeness (QED) is 0.808. The topological polar surface area (TPSA) is 68.0 Å². The Morgan fingerprint density at radius 3 is 2.55 bits per heavy atom. The maximum Gasteiger partial charge on any atom is 0.220 e. The largest absolute Gasteiger partial charge is 0.381 e. The summed E-state index contributed by atoms with van der Waals surface area (Å²) in [5.41, 5.74) is 5.78. The highest BCUT2D eigenvalue weighted by molar-refractivity contribution is 5.77. The van der Waals surface area contributed by atoms with Crippen LogP contribution < -0.4 is 5.73 Å². The average molecular weight is 309 g/mol. The Morgan fingerprint density at radius 2 is 1.86 bits per heavy atom. The third kappa shape index (κ3) is 2.46. The Morgan fingerprint density at radius 1 is 1.05 bits per heavy atom. The number of morpholine rings is 1. The molecule has 4 fully saturated rings. The van der Waals surface area contributed by atoms with Crippen molar-refractivity contribution in [1.29, 1.82) is 0 Å². The molecule has 0 aromatic carbocycles. The minimum Gasteiger partial charge on any atom is -0.381 e. The molecule has 4 atom stereocenters. The van der Waals surface area contributed by atoms with E-state index in [4.69, 9.17) is 15.2 Å². The van der Waals surface area contributed by atoms with Gasteiger partial charge in [0.15, 0.2) is 0 Å². The fourth-order valence-corrected chi connectivity index (χ4v) is 4.92. The Labute approximate surface area is 131 Å². The number of ether oxygens (including phenoxy) is 2. The van der Waals surface area contributed by atoms with E-state index in [1.54, 1.807) is 0 Å². The van der Waals surface area contributed by atoms with Crippen molar-refractivity contribution in [1.82, 2.24) is 10.0 Å². The molecule has 124 valence electrons. The molecule has 0 bridgehead atoms. The lowest BCUT2D eigenvalue weighted by atomic mass is 9.85. The monoisotopic (exact) mass is 309 g/mol. The van der Waals surface area contributed by atoms with Gasteiger partial charge in [-0.15, -0.1) is 0 Å². The lowest BCUT2D eigenvalue weighted by molar-refractivity contribution is -0.152. The molecule has 3 aliphatic heterocycles. The zero-order valence-corrected chi connectivity index (χ0v) is 13.2. The second-order valence-electron chi connectivity index (χ2n) is 7.32. The van der Waals surface area contributed by atoms with Gasteiger partial charge in [-0.2, -0.15) is 0 Å². The summed E-state index contributed by atoms with van der Waals surface area (Å²) in [4.78, 5) is 11.7. The molecular weight excluding hydrogens is 282 g/mol. The van der Waals surface area contributed by atoms with E-state index in [1.807, 2.05) is 0 Å². The second kappa shape index (κ2) is 5.74. The predicted octanol–water partition coefficient (Wildman–Crippen LogP) is 0.226. The number of primary amides is 1. The molecule has 1 spiro atoms. The normalized spacial score (nSPS) is 43.5. The molecule has 1 aliphatic carbocycles. The number of carbonyl (C=O) groups is 1. The van der Waals surface area contributed by atoms with Crippen LogP contribution in [0.3, 0.4) is 0 Å². The van der Waals surface area contributed by atoms with Crippen molar-refractivity contribution in [2.45, 2.75) is 31.2 Å². The van der Waals surface area contributed by atoms with Gasteiger partial charge in [0.1, 0.15) is 0 Å². The predicted molar refractivity (Wildman–Crippen MR) is 80.8 cm³/mol. The van der Waals surface area contributed by atoms with E-state index in [9.17, 15) is 4.79 Å². The van der Waals surface area contributed by atoms with Gasteiger partial charge in [0.05, 0.1) is 13.2 Å². The number of hydrazine groups is 1. The Bertz CT molecular complexity index is 434. The number of nitrogens with zero attached hydrogens (tertiary/aromatic N) is 2. The van der Waals surface area contributed by atoms with E-state index in [0.29, 0.717) is 11.8 Å². The van der Waals surface area contributed by atoms with Gasteiger partial charge in [0.25, 0.3) is 0 Å². The Hall–Kier alpha value is -0.690. The zero-order valence-electron chi connectivity index (χ0n) is 13.2. The fraction of sp³-hybridized carbons (Fsp3) is 0.938. The van der Waals surface area contributed by atoms with Crippen molar-refractivity contribution < 1.29 is 14.3 Å². The SMILES string of the molecule is NC(=O)C1CCN(N2CCOCC2)[C@]2(C1)CC2C1CCOC1. The summed E-state index contributed by atoms with van der Waals surface area (Å²) in [5, 5.41) is 5.05. The molecule has 2 N–H and O–H groups in total. The van der Waals surface area contributed by atoms with Gasteiger partial charge < -0.3 is 15.2 Å². The van der Waals surface area contributed by atoms with Crippen molar-refractivity contribution in [3.05, 3.63) is 0 Å². The van der Waals surface area contributed by atoms with Gasteiger partial charge in [-0.25, -0.2) is 10.0 Å². The summed E-state index contributed by atoms with van der Waals surface area (Å²) in [7, 11) is 0. The van der Waals surface area contributed by atoms with Crippen LogP contribution in [0.25, 0.3) is 0 Å². The standard InChI is InChI=1S/C16H27N3O3/c17-15(20)12-1-3-19(18-4-7-21-8-5-18)16(9-12)10-14(16)13-2-6-22-11-13/h12-14H,1-11H2,(H2,17,20)/t12?,13?,14?,16-/m1/s1. The molecule has 3 unspecified atom stereocenters. The van der Waals surface area contributed by atoms with E-state index in [2.05, 4.69) is 10.0 Å². The van der Waals surface area contributed by atoms with Gasteiger partial charge in [0.2, 0.25) is 5.91 Å². The van der Waals surface area contributed by atoms with E-state index in [1.165, 1.54) is 12.8 Å². The fourth-order valence-electron chi connectivity index (χ4n) is 4.92. The molecule has 1 amide bonds. The van der Waals surface area contributed by atoms with Crippen molar-refractivity contribution in [3.63, 3.8) is 0 Å². The molecule has 4 aliphatic rings. The highest BCUT2D eigenvalue weighted by Gasteiger charge is 2.64. The number of carbonyl (C=O) groups excluding carboxylic acids is 1. The molecule has 22 heavy (non-hydrogen) atoms. The van der Waals surface area contributed by atoms with E-state index < -0.39 is 0 Å². The molecule has 0 aromatic rings. The Balaban J connectivity index is 1.53. The maximum absolute atomic E-state index is 11.7. The first-order valence-electron chi connectivity index (χ1n) is 8.68. The molecule has 1 saturated carbocycles. The van der Waals surface area contributed by atoms with Crippen LogP contribution in [0.2, 0.25) is 0 Å². The summed E-state index contributed by atoms with van der Waals surface area (Å²) in [6.45, 7) is 6.30. The minimum absolute atomic E-state index is 0.0459. The van der Waals surface area contributed by atoms with Gasteiger partial charge in [0, 0.05) is 44.3 Å². The molecule has 3 heterocycles. The van der Waals surface area contributed by atoms with E-state index in [0.717, 1.165) is 58.9 Å². The lowest BCUT2D eigenvalue weighted by Crippen LogP contribution is -2.59. The number of rotatable bonds is 3. The van der Waals surface area contributed by atoms with E-state index >= 15 is 0 Å². The lowest BCUT2D eigenvalue weighted by Gasteiger charge is -2.48. The van der Waals surface area contributed by atoms with Crippen molar-refractivity contribution in [2.75, 3.05) is 46.1 Å². The number of piperidine rings is 1. The first-order valence-corrected chi connectivity index (χ1v) is 8.68. The smallest absolute Gasteiger partial charge is 0.220 e. The second-order valence-corrected chi connectivity index (χ2v) is 7.32.